The molecule has 0 aliphatic rings. The summed E-state index contributed by atoms with van der Waals surface area (Å²) in [6, 6.07) is 10.4. The smallest absolute Gasteiger partial charge is 0.256 e. The lowest BCUT2D eigenvalue weighted by molar-refractivity contribution is 0.0948. The van der Waals surface area contributed by atoms with Crippen LogP contribution in [-0.4, -0.2) is 18.0 Å². The number of carbonyl (C=O) groups excluding carboxylic acids is 1. The summed E-state index contributed by atoms with van der Waals surface area (Å²) in [6.45, 7) is 0.0615. The number of carbonyl (C=O) groups is 1. The number of amides is 1. The lowest BCUT2D eigenvalue weighted by Crippen LogP contribution is -2.23. The van der Waals surface area contributed by atoms with Crippen molar-refractivity contribution in [3.05, 3.63) is 81.8 Å². The van der Waals surface area contributed by atoms with E-state index in [1.165, 1.54) is 43.8 Å². The molecule has 0 aliphatic heterocycles. The summed E-state index contributed by atoms with van der Waals surface area (Å²) in [5.41, 5.74) is 0.689. The van der Waals surface area contributed by atoms with Crippen LogP contribution in [0.4, 0.5) is 4.39 Å². The first-order chi connectivity index (χ1) is 13.5. The summed E-state index contributed by atoms with van der Waals surface area (Å²) in [4.78, 5) is 16.6. The molecule has 3 rings (SSSR count). The van der Waals surface area contributed by atoms with Gasteiger partial charge in [-0.15, -0.1) is 0 Å². The molecule has 0 bridgehead atoms. The number of methoxy groups -OCH3 is 1. The highest BCUT2D eigenvalue weighted by Crippen LogP contribution is 2.33. The maximum atomic E-state index is 13.5. The predicted molar refractivity (Wildman–Crippen MR) is 105 cm³/mol. The molecule has 8 heteroatoms. The van der Waals surface area contributed by atoms with Crippen molar-refractivity contribution in [2.75, 3.05) is 7.11 Å². The number of nitrogens with one attached hydrogen (secondary N) is 1. The number of nitrogens with zero attached hydrogens (tertiary/aromatic N) is 1. The van der Waals surface area contributed by atoms with Crippen LogP contribution in [0.2, 0.25) is 10.0 Å². The Morgan fingerprint density at radius 1 is 1.11 bits per heavy atom. The van der Waals surface area contributed by atoms with Gasteiger partial charge in [0.25, 0.3) is 5.91 Å². The van der Waals surface area contributed by atoms with Crippen molar-refractivity contribution < 1.29 is 18.7 Å². The van der Waals surface area contributed by atoms with Gasteiger partial charge in [0.2, 0.25) is 0 Å². The third-order valence-corrected chi connectivity index (χ3v) is 4.37. The zero-order chi connectivity index (χ0) is 20.1. The Balaban J connectivity index is 1.80. The zero-order valence-corrected chi connectivity index (χ0v) is 16.2. The Bertz CT molecular complexity index is 1010. The summed E-state index contributed by atoms with van der Waals surface area (Å²) in [5.74, 6) is 0.151. The van der Waals surface area contributed by atoms with Crippen molar-refractivity contribution in [2.45, 2.75) is 6.54 Å². The highest BCUT2D eigenvalue weighted by molar-refractivity contribution is 6.34. The van der Waals surface area contributed by atoms with Gasteiger partial charge in [0.05, 0.1) is 12.1 Å². The summed E-state index contributed by atoms with van der Waals surface area (Å²) in [7, 11) is 1.47. The van der Waals surface area contributed by atoms with E-state index in [1.54, 1.807) is 18.2 Å². The van der Waals surface area contributed by atoms with Gasteiger partial charge in [-0.3, -0.25) is 9.78 Å². The number of rotatable bonds is 6. The number of halogens is 3. The van der Waals surface area contributed by atoms with Gasteiger partial charge in [-0.05, 0) is 36.4 Å². The molecule has 0 atom stereocenters. The van der Waals surface area contributed by atoms with Gasteiger partial charge in [0, 0.05) is 35.6 Å². The zero-order valence-electron chi connectivity index (χ0n) is 14.7. The largest absolute Gasteiger partial charge is 0.496 e. The summed E-state index contributed by atoms with van der Waals surface area (Å²) >= 11 is 12.1. The van der Waals surface area contributed by atoms with Crippen LogP contribution in [0.15, 0.2) is 54.9 Å². The number of aromatic nitrogens is 1. The van der Waals surface area contributed by atoms with E-state index in [2.05, 4.69) is 10.3 Å². The van der Waals surface area contributed by atoms with Gasteiger partial charge in [-0.25, -0.2) is 4.39 Å². The van der Waals surface area contributed by atoms with Crippen molar-refractivity contribution in [1.29, 1.82) is 0 Å². The topological polar surface area (TPSA) is 60.5 Å². The van der Waals surface area contributed by atoms with Crippen LogP contribution in [0.25, 0.3) is 0 Å². The second kappa shape index (κ2) is 8.91. The van der Waals surface area contributed by atoms with E-state index in [4.69, 9.17) is 32.7 Å². The van der Waals surface area contributed by atoms with Crippen LogP contribution < -0.4 is 14.8 Å². The normalized spacial score (nSPS) is 10.4. The first-order valence-electron chi connectivity index (χ1n) is 8.15. The maximum Gasteiger partial charge on any atom is 0.256 e. The lowest BCUT2D eigenvalue weighted by Gasteiger charge is -2.13. The molecule has 0 fully saturated rings. The van der Waals surface area contributed by atoms with Gasteiger partial charge >= 0.3 is 0 Å². The molecular formula is C20H15Cl2FN2O3. The summed E-state index contributed by atoms with van der Waals surface area (Å²) in [6.07, 6.45) is 2.85. The number of hydrogen-bond acceptors (Lipinski definition) is 4. The van der Waals surface area contributed by atoms with Crippen LogP contribution in [0.3, 0.4) is 0 Å². The molecule has 0 unspecified atom stereocenters. The second-order valence-corrected chi connectivity index (χ2v) is 6.53. The molecule has 1 heterocycles. The van der Waals surface area contributed by atoms with Gasteiger partial charge in [0.1, 0.15) is 28.6 Å². The third-order valence-electron chi connectivity index (χ3n) is 3.82. The first kappa shape index (κ1) is 19.9. The molecule has 144 valence electrons. The molecule has 3 aromatic rings. The van der Waals surface area contributed by atoms with E-state index in [0.29, 0.717) is 27.1 Å². The van der Waals surface area contributed by atoms with E-state index in [0.717, 1.165) is 0 Å². The first-order valence-corrected chi connectivity index (χ1v) is 8.91. The van der Waals surface area contributed by atoms with E-state index < -0.39 is 11.7 Å². The molecule has 1 aromatic heterocycles. The summed E-state index contributed by atoms with van der Waals surface area (Å²) in [5, 5.41) is 3.49. The molecule has 1 N–H and O–H groups in total. The van der Waals surface area contributed by atoms with Crippen molar-refractivity contribution in [1.82, 2.24) is 10.3 Å². The maximum absolute atomic E-state index is 13.5. The van der Waals surface area contributed by atoms with Crippen molar-refractivity contribution in [3.8, 4) is 17.2 Å². The molecule has 0 saturated carbocycles. The summed E-state index contributed by atoms with van der Waals surface area (Å²) < 4.78 is 24.4. The minimum absolute atomic E-state index is 0.0615. The van der Waals surface area contributed by atoms with Gasteiger partial charge < -0.3 is 14.8 Å². The van der Waals surface area contributed by atoms with Crippen molar-refractivity contribution >= 4 is 29.1 Å². The molecule has 0 spiro atoms. The van der Waals surface area contributed by atoms with Crippen LogP contribution >= 0.6 is 23.2 Å². The molecule has 0 saturated heterocycles. The molecular weight excluding hydrogens is 406 g/mol. The van der Waals surface area contributed by atoms with Gasteiger partial charge in [-0.2, -0.15) is 0 Å². The SMILES string of the molecule is COc1ccc(F)cc1CNC(=O)c1cnccc1Oc1cc(Cl)ccc1Cl. The fourth-order valence-corrected chi connectivity index (χ4v) is 2.79. The van der Waals surface area contributed by atoms with Crippen LogP contribution in [0, 0.1) is 5.82 Å². The molecule has 2 aromatic carbocycles. The lowest BCUT2D eigenvalue weighted by atomic mass is 10.2. The quantitative estimate of drug-likeness (QED) is 0.590. The van der Waals surface area contributed by atoms with E-state index in [9.17, 15) is 9.18 Å². The fourth-order valence-electron chi connectivity index (χ4n) is 2.47. The van der Waals surface area contributed by atoms with Gasteiger partial charge in [-0.1, -0.05) is 23.2 Å². The van der Waals surface area contributed by atoms with E-state index in [1.807, 2.05) is 0 Å². The van der Waals surface area contributed by atoms with Gasteiger partial charge in [0.15, 0.2) is 0 Å². The minimum atomic E-state index is -0.451. The Morgan fingerprint density at radius 3 is 2.71 bits per heavy atom. The van der Waals surface area contributed by atoms with Crippen LogP contribution in [0.5, 0.6) is 17.2 Å². The second-order valence-electron chi connectivity index (χ2n) is 5.69. The molecule has 0 aliphatic carbocycles. The number of benzene rings is 2. The number of hydrogen-bond donors (Lipinski definition) is 1. The predicted octanol–water partition coefficient (Wildman–Crippen LogP) is 5.26. The molecule has 0 radical (unpaired) electrons. The third kappa shape index (κ3) is 4.71. The molecule has 5 nitrogen and oxygen atoms in total. The fraction of sp³-hybridized carbons (Fsp3) is 0.100. The Labute approximate surface area is 171 Å². The van der Waals surface area contributed by atoms with E-state index >= 15 is 0 Å². The Morgan fingerprint density at radius 2 is 1.93 bits per heavy atom. The average molecular weight is 421 g/mol. The van der Waals surface area contributed by atoms with Crippen molar-refractivity contribution in [3.63, 3.8) is 0 Å². The van der Waals surface area contributed by atoms with Crippen LogP contribution in [0.1, 0.15) is 15.9 Å². The highest BCUT2D eigenvalue weighted by atomic mass is 35.5. The van der Waals surface area contributed by atoms with Crippen LogP contribution in [-0.2, 0) is 6.54 Å². The van der Waals surface area contributed by atoms with E-state index in [-0.39, 0.29) is 17.9 Å². The number of pyridine rings is 1. The molecule has 28 heavy (non-hydrogen) atoms. The Hall–Kier alpha value is -2.83. The standard InChI is InChI=1S/C20H15Cl2FN2O3/c1-27-17-5-3-14(23)8-12(17)10-25-20(26)15-11-24-7-6-18(15)28-19-9-13(21)2-4-16(19)22/h2-9,11H,10H2,1H3,(H,25,26). The molecule has 1 amide bonds. The van der Waals surface area contributed by atoms with Crippen molar-refractivity contribution in [2.24, 2.45) is 0 Å². The monoisotopic (exact) mass is 420 g/mol. The highest BCUT2D eigenvalue weighted by Gasteiger charge is 2.16. The number of ether oxygens (including phenoxy) is 2. The minimum Gasteiger partial charge on any atom is -0.496 e. The Kier molecular flexibility index (Phi) is 6.34. The average Bonchev–Trinajstić information content (AvgIpc) is 2.69.